The minimum atomic E-state index is -0.449. The molecule has 0 unspecified atom stereocenters. The summed E-state index contributed by atoms with van der Waals surface area (Å²) in [6.45, 7) is 4.65. The maximum atomic E-state index is 12.7. The average Bonchev–Trinajstić information content (AvgIpc) is 2.43. The molecule has 0 saturated heterocycles. The van der Waals surface area contributed by atoms with Crippen LogP contribution in [0.1, 0.15) is 38.3 Å². The van der Waals surface area contributed by atoms with Crippen LogP contribution in [-0.2, 0) is 6.54 Å². The van der Waals surface area contributed by atoms with Gasteiger partial charge >= 0.3 is 0 Å². The van der Waals surface area contributed by atoms with E-state index in [2.05, 4.69) is 17.2 Å². The largest absolute Gasteiger partial charge is 0.255 e. The van der Waals surface area contributed by atoms with Crippen LogP contribution < -0.4 is 0 Å². The van der Waals surface area contributed by atoms with E-state index in [1.54, 1.807) is 11.6 Å². The van der Waals surface area contributed by atoms with Crippen LogP contribution in [0.4, 0.5) is 4.39 Å². The molecule has 0 aliphatic carbocycles. The molecule has 13 heavy (non-hydrogen) atoms. The molecule has 0 aliphatic heterocycles. The van der Waals surface area contributed by atoms with E-state index in [9.17, 15) is 4.39 Å². The molecular weight excluding hydrogens is 169 g/mol. The third-order valence-corrected chi connectivity index (χ3v) is 2.15. The van der Waals surface area contributed by atoms with Gasteiger partial charge in [0.05, 0.1) is 5.69 Å². The minimum Gasteiger partial charge on any atom is -0.247 e. The maximum Gasteiger partial charge on any atom is 0.255 e. The summed E-state index contributed by atoms with van der Waals surface area (Å²) in [5.74, 6) is -0.449. The van der Waals surface area contributed by atoms with Gasteiger partial charge in [-0.15, -0.1) is 0 Å². The van der Waals surface area contributed by atoms with E-state index in [0.29, 0.717) is 5.69 Å². The Morgan fingerprint density at radius 1 is 1.31 bits per heavy atom. The van der Waals surface area contributed by atoms with Crippen molar-refractivity contribution in [1.82, 2.24) is 15.0 Å². The Hall–Kier alpha value is -0.930. The zero-order valence-electron chi connectivity index (χ0n) is 8.26. The molecule has 0 radical (unpaired) electrons. The molecule has 4 heteroatoms. The Morgan fingerprint density at radius 3 is 2.62 bits per heavy atom. The second-order valence-electron chi connectivity index (χ2n) is 3.25. The Morgan fingerprint density at radius 2 is 2.08 bits per heavy atom. The first-order chi connectivity index (χ1) is 6.25. The van der Waals surface area contributed by atoms with E-state index in [4.69, 9.17) is 0 Å². The van der Waals surface area contributed by atoms with Gasteiger partial charge in [-0.2, -0.15) is 4.39 Å². The second kappa shape index (κ2) is 4.94. The average molecular weight is 185 g/mol. The van der Waals surface area contributed by atoms with Crippen molar-refractivity contribution in [3.8, 4) is 0 Å². The predicted molar refractivity (Wildman–Crippen MR) is 48.9 cm³/mol. The highest BCUT2D eigenvalue weighted by Gasteiger charge is 2.05. The first-order valence-corrected chi connectivity index (χ1v) is 4.81. The lowest BCUT2D eigenvalue weighted by molar-refractivity contribution is 0.518. The highest BCUT2D eigenvalue weighted by atomic mass is 19.1. The fourth-order valence-electron chi connectivity index (χ4n) is 1.24. The molecule has 0 spiro atoms. The lowest BCUT2D eigenvalue weighted by atomic mass is 10.2. The van der Waals surface area contributed by atoms with Gasteiger partial charge in [-0.05, 0) is 13.3 Å². The summed E-state index contributed by atoms with van der Waals surface area (Å²) in [6.07, 6.45) is 4.68. The summed E-state index contributed by atoms with van der Waals surface area (Å²) >= 11 is 0. The molecule has 0 aliphatic rings. The zero-order valence-corrected chi connectivity index (χ0v) is 8.26. The van der Waals surface area contributed by atoms with Gasteiger partial charge in [0.2, 0.25) is 0 Å². The molecule has 74 valence electrons. The Labute approximate surface area is 77.9 Å². The summed E-state index contributed by atoms with van der Waals surface area (Å²) in [7, 11) is 0. The number of halogens is 1. The SMILES string of the molecule is CCCCCCn1nnc(F)c1C. The Kier molecular flexibility index (Phi) is 3.86. The lowest BCUT2D eigenvalue weighted by Crippen LogP contribution is -2.02. The molecule has 0 atom stereocenters. The predicted octanol–water partition coefficient (Wildman–Crippen LogP) is 2.31. The van der Waals surface area contributed by atoms with Crippen molar-refractivity contribution < 1.29 is 4.39 Å². The van der Waals surface area contributed by atoms with Crippen LogP contribution in [0.15, 0.2) is 0 Å². The molecule has 0 aromatic carbocycles. The third kappa shape index (κ3) is 2.79. The molecule has 0 bridgehead atoms. The van der Waals surface area contributed by atoms with Crippen molar-refractivity contribution in [2.45, 2.75) is 46.1 Å². The smallest absolute Gasteiger partial charge is 0.247 e. The first-order valence-electron chi connectivity index (χ1n) is 4.81. The van der Waals surface area contributed by atoms with Crippen LogP contribution in [-0.4, -0.2) is 15.0 Å². The molecule has 1 heterocycles. The van der Waals surface area contributed by atoms with E-state index >= 15 is 0 Å². The van der Waals surface area contributed by atoms with Gasteiger partial charge in [-0.1, -0.05) is 36.5 Å². The van der Waals surface area contributed by atoms with Crippen molar-refractivity contribution >= 4 is 0 Å². The standard InChI is InChI=1S/C9H16FN3/c1-3-4-5-6-7-13-8(2)9(10)11-12-13/h3-7H2,1-2H3. The van der Waals surface area contributed by atoms with E-state index in [-0.39, 0.29) is 0 Å². The first kappa shape index (κ1) is 10.2. The number of hydrogen-bond donors (Lipinski definition) is 0. The summed E-state index contributed by atoms with van der Waals surface area (Å²) in [5, 5.41) is 7.07. The number of rotatable bonds is 5. The van der Waals surface area contributed by atoms with E-state index < -0.39 is 5.95 Å². The molecule has 0 amide bonds. The van der Waals surface area contributed by atoms with E-state index in [1.165, 1.54) is 19.3 Å². The van der Waals surface area contributed by atoms with Gasteiger partial charge in [-0.3, -0.25) is 0 Å². The van der Waals surface area contributed by atoms with Crippen molar-refractivity contribution in [2.75, 3.05) is 0 Å². The topological polar surface area (TPSA) is 30.7 Å². The summed E-state index contributed by atoms with van der Waals surface area (Å²) < 4.78 is 14.4. The number of nitrogens with zero attached hydrogens (tertiary/aromatic N) is 3. The van der Waals surface area contributed by atoms with Crippen LogP contribution in [0, 0.1) is 12.9 Å². The van der Waals surface area contributed by atoms with Crippen LogP contribution >= 0.6 is 0 Å². The number of aryl methyl sites for hydroxylation is 1. The molecular formula is C9H16FN3. The van der Waals surface area contributed by atoms with Gasteiger partial charge < -0.3 is 0 Å². The number of hydrogen-bond acceptors (Lipinski definition) is 2. The van der Waals surface area contributed by atoms with Crippen molar-refractivity contribution in [1.29, 1.82) is 0 Å². The Balaban J connectivity index is 2.32. The van der Waals surface area contributed by atoms with E-state index in [1.807, 2.05) is 0 Å². The Bertz CT molecular complexity index is 257. The van der Waals surface area contributed by atoms with Crippen LogP contribution in [0.3, 0.4) is 0 Å². The van der Waals surface area contributed by atoms with Crippen LogP contribution in [0.2, 0.25) is 0 Å². The van der Waals surface area contributed by atoms with Gasteiger partial charge in [0, 0.05) is 6.54 Å². The fourth-order valence-corrected chi connectivity index (χ4v) is 1.24. The minimum absolute atomic E-state index is 0.449. The zero-order chi connectivity index (χ0) is 9.68. The summed E-state index contributed by atoms with van der Waals surface area (Å²) in [5.41, 5.74) is 0.538. The number of unbranched alkanes of at least 4 members (excludes halogenated alkanes) is 3. The maximum absolute atomic E-state index is 12.7. The lowest BCUT2D eigenvalue weighted by Gasteiger charge is -2.01. The molecule has 0 N–H and O–H groups in total. The van der Waals surface area contributed by atoms with E-state index in [0.717, 1.165) is 13.0 Å². The quantitative estimate of drug-likeness (QED) is 0.659. The van der Waals surface area contributed by atoms with Gasteiger partial charge in [0.25, 0.3) is 5.95 Å². The molecule has 0 saturated carbocycles. The molecule has 1 aromatic rings. The van der Waals surface area contributed by atoms with Crippen LogP contribution in [0.25, 0.3) is 0 Å². The monoisotopic (exact) mass is 185 g/mol. The fraction of sp³-hybridized carbons (Fsp3) is 0.778. The number of aromatic nitrogens is 3. The van der Waals surface area contributed by atoms with Gasteiger partial charge in [-0.25, -0.2) is 4.68 Å². The second-order valence-corrected chi connectivity index (χ2v) is 3.25. The van der Waals surface area contributed by atoms with Crippen molar-refractivity contribution in [3.05, 3.63) is 11.6 Å². The highest BCUT2D eigenvalue weighted by molar-refractivity contribution is 4.92. The summed E-state index contributed by atoms with van der Waals surface area (Å²) in [4.78, 5) is 0. The molecule has 0 fully saturated rings. The van der Waals surface area contributed by atoms with Crippen LogP contribution in [0.5, 0.6) is 0 Å². The van der Waals surface area contributed by atoms with Crippen molar-refractivity contribution in [2.24, 2.45) is 0 Å². The van der Waals surface area contributed by atoms with Crippen molar-refractivity contribution in [3.63, 3.8) is 0 Å². The molecule has 1 rings (SSSR count). The third-order valence-electron chi connectivity index (χ3n) is 2.15. The summed E-state index contributed by atoms with van der Waals surface area (Å²) in [6, 6.07) is 0. The normalized spacial score (nSPS) is 10.7. The molecule has 3 nitrogen and oxygen atoms in total. The van der Waals surface area contributed by atoms with Gasteiger partial charge in [0.1, 0.15) is 0 Å². The van der Waals surface area contributed by atoms with Gasteiger partial charge in [0.15, 0.2) is 0 Å². The molecule has 1 aromatic heterocycles. The highest BCUT2D eigenvalue weighted by Crippen LogP contribution is 2.05.